The molecule has 0 spiro atoms. The first kappa shape index (κ1) is 12.1. The minimum Gasteiger partial charge on any atom is -0.139 e. The number of aromatic nitrogens is 3. The van der Waals surface area contributed by atoms with E-state index in [1.165, 1.54) is 5.82 Å². The highest BCUT2D eigenvalue weighted by Gasteiger charge is 2.11. The van der Waals surface area contributed by atoms with Crippen LogP contribution in [-0.4, -0.2) is 15.4 Å². The van der Waals surface area contributed by atoms with Crippen molar-refractivity contribution < 1.29 is 4.57 Å². The van der Waals surface area contributed by atoms with Crippen molar-refractivity contribution in [1.29, 1.82) is 0 Å². The Balaban J connectivity index is 0.000000181. The summed E-state index contributed by atoms with van der Waals surface area (Å²) in [5.74, 6) is 1.46. The van der Waals surface area contributed by atoms with Crippen LogP contribution in [0.3, 0.4) is 0 Å². The molecule has 0 amide bonds. The van der Waals surface area contributed by atoms with Gasteiger partial charge in [-0.05, 0) is 23.4 Å². The Hall–Kier alpha value is -1.93. The van der Waals surface area contributed by atoms with E-state index >= 15 is 0 Å². The molecule has 16 heavy (non-hydrogen) atoms. The van der Waals surface area contributed by atoms with E-state index in [9.17, 15) is 4.57 Å². The topological polar surface area (TPSA) is 55.7 Å². The van der Waals surface area contributed by atoms with Crippen molar-refractivity contribution in [3.8, 4) is 0 Å². The van der Waals surface area contributed by atoms with Crippen molar-refractivity contribution in [3.63, 3.8) is 0 Å². The van der Waals surface area contributed by atoms with E-state index in [2.05, 4.69) is 22.0 Å². The Morgan fingerprint density at radius 1 is 1.06 bits per heavy atom. The highest BCUT2D eigenvalue weighted by molar-refractivity contribution is 7.56. The lowest BCUT2D eigenvalue weighted by Crippen LogP contribution is -1.90. The zero-order valence-corrected chi connectivity index (χ0v) is 9.49. The Morgan fingerprint density at radius 3 is 2.06 bits per heavy atom. The van der Waals surface area contributed by atoms with Crippen molar-refractivity contribution >= 4 is 13.1 Å². The van der Waals surface area contributed by atoms with E-state index in [1.54, 1.807) is 18.5 Å². The molecule has 1 atom stereocenters. The van der Waals surface area contributed by atoms with Crippen molar-refractivity contribution in [3.05, 3.63) is 61.2 Å². The van der Waals surface area contributed by atoms with Gasteiger partial charge in [0.25, 0.3) is 0 Å². The molecule has 4 nitrogen and oxygen atoms in total. The number of rotatable bonds is 2. The van der Waals surface area contributed by atoms with Gasteiger partial charge in [-0.3, -0.25) is 0 Å². The highest BCUT2D eigenvalue weighted by Crippen LogP contribution is 2.18. The molecule has 0 saturated carbocycles. The third-order valence-corrected chi connectivity index (χ3v) is 2.72. The summed E-state index contributed by atoms with van der Waals surface area (Å²) in [4.78, 5) is 0. The van der Waals surface area contributed by atoms with Crippen LogP contribution in [0.4, 0.5) is 0 Å². The third-order valence-electron chi connectivity index (χ3n) is 1.59. The van der Waals surface area contributed by atoms with Crippen LogP contribution in [-0.2, 0) is 4.57 Å². The van der Waals surface area contributed by atoms with Gasteiger partial charge in [0.05, 0.1) is 12.4 Å². The molecule has 0 radical (unpaired) electrons. The quantitative estimate of drug-likeness (QED) is 0.744. The maximum Gasteiger partial charge on any atom is 0.406 e. The van der Waals surface area contributed by atoms with Crippen LogP contribution in [0.2, 0.25) is 0 Å². The largest absolute Gasteiger partial charge is 0.406 e. The normalized spacial score (nSPS) is 9.62. The van der Waals surface area contributed by atoms with Gasteiger partial charge in [0, 0.05) is 0 Å². The van der Waals surface area contributed by atoms with E-state index in [1.807, 2.05) is 30.3 Å². The van der Waals surface area contributed by atoms with Crippen LogP contribution in [0, 0.1) is 0 Å². The lowest BCUT2D eigenvalue weighted by Gasteiger charge is -1.79. The molecule has 0 aliphatic carbocycles. The number of hydrogen-bond donors (Lipinski definition) is 0. The fourth-order valence-corrected chi connectivity index (χ4v) is 1.56. The van der Waals surface area contributed by atoms with Gasteiger partial charge in [-0.2, -0.15) is 0 Å². The summed E-state index contributed by atoms with van der Waals surface area (Å²) in [6, 6.07) is 11.0. The maximum atomic E-state index is 11.0. The summed E-state index contributed by atoms with van der Waals surface area (Å²) in [6.45, 7) is 3.45. The number of nitrogens with zero attached hydrogens (tertiary/aromatic N) is 3. The number of benzene rings is 1. The second-order valence-corrected chi connectivity index (χ2v) is 4.19. The fourth-order valence-electron chi connectivity index (χ4n) is 0.885. The molecule has 0 saturated heterocycles. The van der Waals surface area contributed by atoms with Crippen molar-refractivity contribution in [2.24, 2.45) is 0 Å². The second-order valence-electron chi connectivity index (χ2n) is 2.65. The molecule has 5 heteroatoms. The molecule has 0 aliphatic rings. The van der Waals surface area contributed by atoms with E-state index in [0.717, 1.165) is 5.30 Å². The molecule has 0 fully saturated rings. The Bertz CT molecular complexity index is 407. The van der Waals surface area contributed by atoms with Gasteiger partial charge in [-0.15, -0.1) is 10.2 Å². The zero-order valence-electron chi connectivity index (χ0n) is 8.60. The SMILES string of the molecule is C=C[P+](=O)c1ccccc1.c1cnnnc1. The van der Waals surface area contributed by atoms with E-state index in [-0.39, 0.29) is 0 Å². The van der Waals surface area contributed by atoms with Gasteiger partial charge in [0.15, 0.2) is 11.1 Å². The highest BCUT2D eigenvalue weighted by atomic mass is 31.1. The summed E-state index contributed by atoms with van der Waals surface area (Å²) < 4.78 is 11.0. The Kier molecular flexibility index (Phi) is 5.59. The Morgan fingerprint density at radius 2 is 1.69 bits per heavy atom. The number of hydrogen-bond acceptors (Lipinski definition) is 4. The molecule has 2 aromatic rings. The average Bonchev–Trinajstić information content (AvgIpc) is 2.41. The molecular formula is C11H11N3OP+. The molecule has 2 rings (SSSR count). The Labute approximate surface area is 94.8 Å². The minimum absolute atomic E-state index is 0.840. The van der Waals surface area contributed by atoms with Gasteiger partial charge < -0.3 is 0 Å². The second kappa shape index (κ2) is 7.37. The summed E-state index contributed by atoms with van der Waals surface area (Å²) in [7, 11) is -1.36. The molecule has 1 unspecified atom stereocenters. The van der Waals surface area contributed by atoms with E-state index < -0.39 is 7.80 Å². The summed E-state index contributed by atoms with van der Waals surface area (Å²) >= 11 is 0. The molecular weight excluding hydrogens is 221 g/mol. The molecule has 1 aromatic heterocycles. The first-order valence-electron chi connectivity index (χ1n) is 4.57. The molecule has 0 bridgehead atoms. The van der Waals surface area contributed by atoms with Crippen LogP contribution in [0.1, 0.15) is 0 Å². The average molecular weight is 232 g/mol. The molecule has 80 valence electrons. The maximum absolute atomic E-state index is 11.0. The third kappa shape index (κ3) is 4.53. The van der Waals surface area contributed by atoms with Gasteiger partial charge >= 0.3 is 7.80 Å². The monoisotopic (exact) mass is 232 g/mol. The molecule has 0 N–H and O–H groups in total. The zero-order chi connectivity index (χ0) is 11.6. The van der Waals surface area contributed by atoms with Crippen molar-refractivity contribution in [1.82, 2.24) is 15.4 Å². The summed E-state index contributed by atoms with van der Waals surface area (Å²) in [5.41, 5.74) is 0. The van der Waals surface area contributed by atoms with Gasteiger partial charge in [-0.1, -0.05) is 29.3 Å². The van der Waals surface area contributed by atoms with E-state index in [0.29, 0.717) is 0 Å². The van der Waals surface area contributed by atoms with Crippen LogP contribution in [0.15, 0.2) is 61.2 Å². The van der Waals surface area contributed by atoms with Gasteiger partial charge in [0.1, 0.15) is 0 Å². The first-order valence-corrected chi connectivity index (χ1v) is 5.90. The molecule has 1 heterocycles. The fraction of sp³-hybridized carbons (Fsp3) is 0. The van der Waals surface area contributed by atoms with Crippen molar-refractivity contribution in [2.75, 3.05) is 0 Å². The standard InChI is InChI=1S/C8H8OP.C3H3N3/c1-2-10(9)8-6-4-3-5-7-8;1-2-4-6-5-3-1/h2-7H,1H2;1-3H/q+1;. The predicted octanol–water partition coefficient (Wildman–Crippen LogP) is 2.15. The summed E-state index contributed by atoms with van der Waals surface area (Å²) in [5, 5.41) is 11.0. The van der Waals surface area contributed by atoms with Crippen LogP contribution < -0.4 is 5.30 Å². The van der Waals surface area contributed by atoms with E-state index in [4.69, 9.17) is 0 Å². The molecule has 0 aliphatic heterocycles. The molecule has 1 aromatic carbocycles. The van der Waals surface area contributed by atoms with Crippen LogP contribution >= 0.6 is 7.80 Å². The van der Waals surface area contributed by atoms with Gasteiger partial charge in [-0.25, -0.2) is 0 Å². The van der Waals surface area contributed by atoms with Crippen molar-refractivity contribution in [2.45, 2.75) is 0 Å². The van der Waals surface area contributed by atoms with Crippen LogP contribution in [0.25, 0.3) is 0 Å². The van der Waals surface area contributed by atoms with Crippen LogP contribution in [0.5, 0.6) is 0 Å². The summed E-state index contributed by atoms with van der Waals surface area (Å²) in [6.07, 6.45) is 3.15. The first-order chi connectivity index (χ1) is 7.84. The lowest BCUT2D eigenvalue weighted by molar-refractivity contribution is 0.598. The minimum atomic E-state index is -1.36. The van der Waals surface area contributed by atoms with Gasteiger partial charge in [0.2, 0.25) is 0 Å². The lowest BCUT2D eigenvalue weighted by atomic mass is 10.4. The predicted molar refractivity (Wildman–Crippen MR) is 63.7 cm³/mol. The smallest absolute Gasteiger partial charge is 0.139 e.